The highest BCUT2D eigenvalue weighted by Gasteiger charge is 2.24. The molecular weight excluding hydrogens is 310 g/mol. The molecule has 0 bridgehead atoms. The predicted octanol–water partition coefficient (Wildman–Crippen LogP) is 1.01. The van der Waals surface area contributed by atoms with Crippen molar-refractivity contribution in [3.63, 3.8) is 0 Å². The Balaban J connectivity index is 2.11. The third kappa shape index (κ3) is 3.33. The molecule has 1 fully saturated rings. The van der Waals surface area contributed by atoms with Crippen LogP contribution in [0.25, 0.3) is 0 Å². The Morgan fingerprint density at radius 3 is 3.00 bits per heavy atom. The standard InChI is InChI=1S/C13H18BrN3O2/c14-12-6-9(13(19)16-15)3-4-10(12)7-17-5-1-2-11(17)8-18/h3-4,6,11,18H,1-2,5,7-8,15H2,(H,16,19). The number of hydrogen-bond donors (Lipinski definition) is 3. The number of amides is 1. The summed E-state index contributed by atoms with van der Waals surface area (Å²) in [7, 11) is 0. The molecule has 0 radical (unpaired) electrons. The number of nitrogens with two attached hydrogens (primary N) is 1. The number of carbonyl (C=O) groups is 1. The fourth-order valence-electron chi connectivity index (χ4n) is 2.43. The molecule has 1 saturated heterocycles. The highest BCUT2D eigenvalue weighted by Crippen LogP contribution is 2.24. The normalized spacial score (nSPS) is 19.6. The number of carbonyl (C=O) groups excluding carboxylic acids is 1. The minimum atomic E-state index is -0.304. The number of nitrogens with zero attached hydrogens (tertiary/aromatic N) is 1. The summed E-state index contributed by atoms with van der Waals surface area (Å²) < 4.78 is 0.886. The van der Waals surface area contributed by atoms with Gasteiger partial charge in [-0.15, -0.1) is 0 Å². The number of likely N-dealkylation sites (tertiary alicyclic amines) is 1. The number of hydrogen-bond acceptors (Lipinski definition) is 4. The van der Waals surface area contributed by atoms with Crippen molar-refractivity contribution >= 4 is 21.8 Å². The molecule has 104 valence electrons. The van der Waals surface area contributed by atoms with Gasteiger partial charge in [0.15, 0.2) is 0 Å². The second-order valence-electron chi connectivity index (χ2n) is 4.73. The quantitative estimate of drug-likeness (QED) is 0.438. The van der Waals surface area contributed by atoms with Crippen LogP contribution in [0.2, 0.25) is 0 Å². The van der Waals surface area contributed by atoms with Gasteiger partial charge < -0.3 is 5.11 Å². The molecule has 0 spiro atoms. The second kappa shape index (κ2) is 6.47. The van der Waals surface area contributed by atoms with Crippen LogP contribution in [-0.2, 0) is 6.54 Å². The Morgan fingerprint density at radius 2 is 2.37 bits per heavy atom. The van der Waals surface area contributed by atoms with Gasteiger partial charge in [-0.2, -0.15) is 0 Å². The Kier molecular flexibility index (Phi) is 4.93. The second-order valence-corrected chi connectivity index (χ2v) is 5.58. The Labute approximate surface area is 120 Å². The van der Waals surface area contributed by atoms with Crippen molar-refractivity contribution in [2.45, 2.75) is 25.4 Å². The van der Waals surface area contributed by atoms with E-state index in [1.165, 1.54) is 0 Å². The molecule has 4 N–H and O–H groups in total. The van der Waals surface area contributed by atoms with Gasteiger partial charge in [-0.3, -0.25) is 15.1 Å². The van der Waals surface area contributed by atoms with Crippen LogP contribution < -0.4 is 11.3 Å². The fraction of sp³-hybridized carbons (Fsp3) is 0.462. The van der Waals surface area contributed by atoms with Gasteiger partial charge in [0.2, 0.25) is 0 Å². The lowest BCUT2D eigenvalue weighted by molar-refractivity contribution is 0.0953. The van der Waals surface area contributed by atoms with Crippen molar-refractivity contribution in [1.29, 1.82) is 0 Å². The molecule has 0 aliphatic carbocycles. The summed E-state index contributed by atoms with van der Waals surface area (Å²) in [6, 6.07) is 5.69. The van der Waals surface area contributed by atoms with E-state index < -0.39 is 0 Å². The monoisotopic (exact) mass is 327 g/mol. The van der Waals surface area contributed by atoms with Gasteiger partial charge in [-0.1, -0.05) is 22.0 Å². The summed E-state index contributed by atoms with van der Waals surface area (Å²) in [5.41, 5.74) is 3.75. The lowest BCUT2D eigenvalue weighted by atomic mass is 10.1. The molecule has 2 rings (SSSR count). The first-order valence-electron chi connectivity index (χ1n) is 6.30. The molecule has 1 aliphatic heterocycles. The number of benzene rings is 1. The molecule has 1 atom stereocenters. The van der Waals surface area contributed by atoms with E-state index in [9.17, 15) is 9.90 Å². The molecule has 1 heterocycles. The fourth-order valence-corrected chi connectivity index (χ4v) is 2.93. The summed E-state index contributed by atoms with van der Waals surface area (Å²) in [6.45, 7) is 1.98. The van der Waals surface area contributed by atoms with Crippen LogP contribution in [0, 0.1) is 0 Å². The molecule has 1 aromatic carbocycles. The van der Waals surface area contributed by atoms with Crippen molar-refractivity contribution in [2.75, 3.05) is 13.2 Å². The van der Waals surface area contributed by atoms with E-state index in [2.05, 4.69) is 26.3 Å². The average molecular weight is 328 g/mol. The predicted molar refractivity (Wildman–Crippen MR) is 76.3 cm³/mol. The summed E-state index contributed by atoms with van der Waals surface area (Å²) in [6.07, 6.45) is 2.16. The Bertz CT molecular complexity index is 467. The van der Waals surface area contributed by atoms with Gasteiger partial charge in [0.1, 0.15) is 0 Å². The lowest BCUT2D eigenvalue weighted by Gasteiger charge is -2.23. The van der Waals surface area contributed by atoms with Gasteiger partial charge in [0, 0.05) is 22.6 Å². The molecular formula is C13H18BrN3O2. The molecule has 1 unspecified atom stereocenters. The number of aliphatic hydroxyl groups is 1. The molecule has 1 aromatic rings. The van der Waals surface area contributed by atoms with Crippen molar-refractivity contribution in [3.8, 4) is 0 Å². The highest BCUT2D eigenvalue weighted by atomic mass is 79.9. The van der Waals surface area contributed by atoms with Crippen LogP contribution in [0.3, 0.4) is 0 Å². The van der Waals surface area contributed by atoms with Crippen molar-refractivity contribution in [3.05, 3.63) is 33.8 Å². The van der Waals surface area contributed by atoms with Gasteiger partial charge in [-0.25, -0.2) is 5.84 Å². The minimum Gasteiger partial charge on any atom is -0.395 e. The van der Waals surface area contributed by atoms with E-state index in [1.807, 2.05) is 6.07 Å². The van der Waals surface area contributed by atoms with Crippen molar-refractivity contribution in [2.24, 2.45) is 5.84 Å². The minimum absolute atomic E-state index is 0.200. The van der Waals surface area contributed by atoms with Crippen LogP contribution in [-0.4, -0.2) is 35.1 Å². The van der Waals surface area contributed by atoms with E-state index in [-0.39, 0.29) is 18.6 Å². The first-order valence-corrected chi connectivity index (χ1v) is 7.09. The maximum atomic E-state index is 11.4. The third-order valence-corrected chi connectivity index (χ3v) is 4.27. The Morgan fingerprint density at radius 1 is 1.58 bits per heavy atom. The van der Waals surface area contributed by atoms with Gasteiger partial charge in [-0.05, 0) is 37.1 Å². The first-order chi connectivity index (χ1) is 9.15. The summed E-state index contributed by atoms with van der Waals surface area (Å²) in [5.74, 6) is 4.81. The van der Waals surface area contributed by atoms with E-state index >= 15 is 0 Å². The molecule has 1 amide bonds. The van der Waals surface area contributed by atoms with E-state index in [1.54, 1.807) is 12.1 Å². The summed E-state index contributed by atoms with van der Waals surface area (Å²) >= 11 is 3.48. The average Bonchev–Trinajstić information content (AvgIpc) is 2.87. The zero-order valence-corrected chi connectivity index (χ0v) is 12.2. The lowest BCUT2D eigenvalue weighted by Crippen LogP contribution is -2.32. The van der Waals surface area contributed by atoms with Crippen LogP contribution in [0.15, 0.2) is 22.7 Å². The highest BCUT2D eigenvalue weighted by molar-refractivity contribution is 9.10. The van der Waals surface area contributed by atoms with Crippen molar-refractivity contribution in [1.82, 2.24) is 10.3 Å². The molecule has 6 heteroatoms. The number of rotatable bonds is 4. The molecule has 0 saturated carbocycles. The molecule has 19 heavy (non-hydrogen) atoms. The summed E-state index contributed by atoms with van der Waals surface area (Å²) in [5, 5.41) is 9.31. The number of nitrogens with one attached hydrogen (secondary N) is 1. The first kappa shape index (κ1) is 14.5. The zero-order valence-electron chi connectivity index (χ0n) is 10.6. The Hall–Kier alpha value is -0.950. The number of aliphatic hydroxyl groups excluding tert-OH is 1. The largest absolute Gasteiger partial charge is 0.395 e. The van der Waals surface area contributed by atoms with Crippen LogP contribution in [0.5, 0.6) is 0 Å². The SMILES string of the molecule is NNC(=O)c1ccc(CN2CCCC2CO)c(Br)c1. The van der Waals surface area contributed by atoms with Gasteiger partial charge in [0.05, 0.1) is 6.61 Å². The zero-order chi connectivity index (χ0) is 13.8. The molecule has 0 aromatic heterocycles. The maximum Gasteiger partial charge on any atom is 0.265 e. The smallest absolute Gasteiger partial charge is 0.265 e. The number of halogens is 1. The third-order valence-electron chi connectivity index (χ3n) is 3.53. The van der Waals surface area contributed by atoms with E-state index in [0.717, 1.165) is 36.0 Å². The number of nitrogen functional groups attached to an aromatic ring is 1. The topological polar surface area (TPSA) is 78.6 Å². The van der Waals surface area contributed by atoms with Crippen molar-refractivity contribution < 1.29 is 9.90 Å². The van der Waals surface area contributed by atoms with Crippen LogP contribution in [0.4, 0.5) is 0 Å². The van der Waals surface area contributed by atoms with Gasteiger partial charge in [0.25, 0.3) is 5.91 Å². The van der Waals surface area contributed by atoms with Crippen LogP contribution in [0.1, 0.15) is 28.8 Å². The van der Waals surface area contributed by atoms with Gasteiger partial charge >= 0.3 is 0 Å². The maximum absolute atomic E-state index is 11.4. The van der Waals surface area contributed by atoms with Crippen LogP contribution >= 0.6 is 15.9 Å². The molecule has 5 nitrogen and oxygen atoms in total. The van der Waals surface area contributed by atoms with E-state index in [0.29, 0.717) is 5.56 Å². The summed E-state index contributed by atoms with van der Waals surface area (Å²) in [4.78, 5) is 13.7. The number of hydrazine groups is 1. The van der Waals surface area contributed by atoms with E-state index in [4.69, 9.17) is 5.84 Å². The molecule has 1 aliphatic rings.